The number of nitriles is 1. The van der Waals surface area contributed by atoms with Gasteiger partial charge in [-0.05, 0) is 30.3 Å². The molecule has 3 N–H and O–H groups in total. The van der Waals surface area contributed by atoms with Gasteiger partial charge in [0.15, 0.2) is 0 Å². The fourth-order valence-corrected chi connectivity index (χ4v) is 2.37. The summed E-state index contributed by atoms with van der Waals surface area (Å²) < 4.78 is 0. The number of pyridine rings is 1. The van der Waals surface area contributed by atoms with Crippen molar-refractivity contribution in [1.82, 2.24) is 4.98 Å². The van der Waals surface area contributed by atoms with Gasteiger partial charge in [0, 0.05) is 17.5 Å². The van der Waals surface area contributed by atoms with E-state index in [1.165, 1.54) is 24.9 Å². The van der Waals surface area contributed by atoms with Crippen LogP contribution in [0.3, 0.4) is 0 Å². The zero-order valence-corrected chi connectivity index (χ0v) is 11.6. The maximum absolute atomic E-state index is 10.9. The molecule has 0 aliphatic heterocycles. The van der Waals surface area contributed by atoms with Crippen LogP contribution in [0.2, 0.25) is 0 Å². The maximum Gasteiger partial charge on any atom is 0.221 e. The van der Waals surface area contributed by atoms with Crippen LogP contribution in [0.25, 0.3) is 0 Å². The van der Waals surface area contributed by atoms with Crippen LogP contribution in [0.15, 0.2) is 46.5 Å². The molecule has 0 saturated carbocycles. The van der Waals surface area contributed by atoms with Gasteiger partial charge in [-0.15, -0.1) is 0 Å². The summed E-state index contributed by atoms with van der Waals surface area (Å²) in [6, 6.07) is 11.0. The third-order valence-corrected chi connectivity index (χ3v) is 3.41. The number of nitrogens with one attached hydrogen (secondary N) is 1. The van der Waals surface area contributed by atoms with Crippen molar-refractivity contribution in [2.45, 2.75) is 16.8 Å². The smallest absolute Gasteiger partial charge is 0.221 e. The summed E-state index contributed by atoms with van der Waals surface area (Å²) in [5.41, 5.74) is 7.24. The second kappa shape index (κ2) is 6.08. The first-order valence-corrected chi connectivity index (χ1v) is 6.61. The van der Waals surface area contributed by atoms with E-state index in [0.717, 1.165) is 10.6 Å². The molecule has 0 aliphatic rings. The zero-order chi connectivity index (χ0) is 14.5. The first kappa shape index (κ1) is 13.9. The van der Waals surface area contributed by atoms with Crippen LogP contribution in [0, 0.1) is 11.3 Å². The predicted molar refractivity (Wildman–Crippen MR) is 78.2 cm³/mol. The lowest BCUT2D eigenvalue weighted by molar-refractivity contribution is -0.114. The van der Waals surface area contributed by atoms with Crippen molar-refractivity contribution in [3.05, 3.63) is 42.1 Å². The lowest BCUT2D eigenvalue weighted by atomic mass is 10.3. The summed E-state index contributed by atoms with van der Waals surface area (Å²) in [6.45, 7) is 1.46. The molecule has 1 amide bonds. The van der Waals surface area contributed by atoms with Crippen LogP contribution in [0.1, 0.15) is 12.5 Å². The van der Waals surface area contributed by atoms with Gasteiger partial charge in [-0.25, -0.2) is 4.98 Å². The second-order valence-electron chi connectivity index (χ2n) is 4.04. The number of benzene rings is 1. The predicted octanol–water partition coefficient (Wildman–Crippen LogP) is 2.65. The Morgan fingerprint density at radius 3 is 2.70 bits per heavy atom. The highest BCUT2D eigenvalue weighted by Crippen LogP contribution is 2.30. The Hall–Kier alpha value is -2.52. The van der Waals surface area contributed by atoms with Gasteiger partial charge < -0.3 is 11.1 Å². The number of anilines is 2. The molecule has 1 aromatic heterocycles. The molecule has 0 saturated heterocycles. The number of aromatic nitrogens is 1. The monoisotopic (exact) mass is 284 g/mol. The lowest BCUT2D eigenvalue weighted by Gasteiger charge is -2.05. The maximum atomic E-state index is 10.9. The van der Waals surface area contributed by atoms with E-state index < -0.39 is 0 Å². The molecule has 100 valence electrons. The minimum absolute atomic E-state index is 0.114. The second-order valence-corrected chi connectivity index (χ2v) is 5.10. The van der Waals surface area contributed by atoms with Crippen molar-refractivity contribution in [3.8, 4) is 6.07 Å². The van der Waals surface area contributed by atoms with E-state index in [-0.39, 0.29) is 5.91 Å². The van der Waals surface area contributed by atoms with Gasteiger partial charge in [0.1, 0.15) is 11.1 Å². The molecular formula is C14H12N4OS. The standard InChI is InChI=1S/C14H12N4OS/c1-9(19)18-12-2-4-13(5-3-12)20-14-10(7-15)6-11(16)8-17-14/h2-6,8H,16H2,1H3,(H,18,19). The molecule has 0 atom stereocenters. The number of carbonyl (C=O) groups is 1. The summed E-state index contributed by atoms with van der Waals surface area (Å²) in [5.74, 6) is -0.114. The fourth-order valence-electron chi connectivity index (χ4n) is 1.55. The highest BCUT2D eigenvalue weighted by Gasteiger charge is 2.06. The number of nitrogens with zero attached hydrogens (tertiary/aromatic N) is 2. The summed E-state index contributed by atoms with van der Waals surface area (Å²) in [4.78, 5) is 16.0. The quantitative estimate of drug-likeness (QED) is 0.904. The van der Waals surface area contributed by atoms with E-state index in [1.807, 2.05) is 12.1 Å². The normalized spacial score (nSPS) is 9.80. The van der Waals surface area contributed by atoms with Crippen molar-refractivity contribution >= 4 is 29.0 Å². The number of nitrogen functional groups attached to an aromatic ring is 1. The van der Waals surface area contributed by atoms with Crippen LogP contribution in [0.4, 0.5) is 11.4 Å². The first-order valence-electron chi connectivity index (χ1n) is 5.79. The zero-order valence-electron chi connectivity index (χ0n) is 10.8. The van der Waals surface area contributed by atoms with Gasteiger partial charge in [0.25, 0.3) is 0 Å². The van der Waals surface area contributed by atoms with Gasteiger partial charge in [0.05, 0.1) is 17.4 Å². The summed E-state index contributed by atoms with van der Waals surface area (Å²) in [5, 5.41) is 12.4. The molecular weight excluding hydrogens is 272 g/mol. The molecule has 1 heterocycles. The Bertz CT molecular complexity index is 677. The van der Waals surface area contributed by atoms with Crippen LogP contribution in [-0.2, 0) is 4.79 Å². The van der Waals surface area contributed by atoms with E-state index in [1.54, 1.807) is 18.2 Å². The molecule has 0 unspecified atom stereocenters. The van der Waals surface area contributed by atoms with Crippen LogP contribution in [-0.4, -0.2) is 10.9 Å². The fraction of sp³-hybridized carbons (Fsp3) is 0.0714. The minimum atomic E-state index is -0.114. The molecule has 0 fully saturated rings. The molecule has 0 bridgehead atoms. The molecule has 5 nitrogen and oxygen atoms in total. The number of nitrogens with two attached hydrogens (primary N) is 1. The largest absolute Gasteiger partial charge is 0.397 e. The molecule has 6 heteroatoms. The number of carbonyl (C=O) groups excluding carboxylic acids is 1. The number of amides is 1. The Morgan fingerprint density at radius 2 is 2.10 bits per heavy atom. The van der Waals surface area contributed by atoms with E-state index in [4.69, 9.17) is 11.0 Å². The Labute approximate surface area is 120 Å². The molecule has 1 aromatic carbocycles. The molecule has 0 spiro atoms. The number of rotatable bonds is 3. The van der Waals surface area contributed by atoms with Gasteiger partial charge >= 0.3 is 0 Å². The lowest BCUT2D eigenvalue weighted by Crippen LogP contribution is -2.05. The van der Waals surface area contributed by atoms with Crippen molar-refractivity contribution in [3.63, 3.8) is 0 Å². The highest BCUT2D eigenvalue weighted by molar-refractivity contribution is 7.99. The third kappa shape index (κ3) is 3.49. The summed E-state index contributed by atoms with van der Waals surface area (Å²) >= 11 is 1.37. The molecule has 2 aromatic rings. The van der Waals surface area contributed by atoms with E-state index in [9.17, 15) is 4.79 Å². The van der Waals surface area contributed by atoms with E-state index in [2.05, 4.69) is 16.4 Å². The average Bonchev–Trinajstić information content (AvgIpc) is 2.42. The average molecular weight is 284 g/mol. The topological polar surface area (TPSA) is 91.8 Å². The van der Waals surface area contributed by atoms with Crippen molar-refractivity contribution in [2.75, 3.05) is 11.1 Å². The Kier molecular flexibility index (Phi) is 4.23. The number of hydrogen-bond acceptors (Lipinski definition) is 5. The van der Waals surface area contributed by atoms with Crippen LogP contribution >= 0.6 is 11.8 Å². The van der Waals surface area contributed by atoms with Crippen LogP contribution in [0.5, 0.6) is 0 Å². The van der Waals surface area contributed by atoms with Crippen molar-refractivity contribution < 1.29 is 4.79 Å². The van der Waals surface area contributed by atoms with Gasteiger partial charge in [-0.2, -0.15) is 5.26 Å². The van der Waals surface area contributed by atoms with Crippen molar-refractivity contribution in [1.29, 1.82) is 5.26 Å². The Morgan fingerprint density at radius 1 is 1.40 bits per heavy atom. The molecule has 20 heavy (non-hydrogen) atoms. The van der Waals surface area contributed by atoms with Crippen molar-refractivity contribution in [2.24, 2.45) is 0 Å². The highest BCUT2D eigenvalue weighted by atomic mass is 32.2. The summed E-state index contributed by atoms with van der Waals surface area (Å²) in [6.07, 6.45) is 1.52. The molecule has 0 radical (unpaired) electrons. The SMILES string of the molecule is CC(=O)Nc1ccc(Sc2ncc(N)cc2C#N)cc1. The van der Waals surface area contributed by atoms with E-state index >= 15 is 0 Å². The molecule has 2 rings (SSSR count). The van der Waals surface area contributed by atoms with Gasteiger partial charge in [0.2, 0.25) is 5.91 Å². The summed E-state index contributed by atoms with van der Waals surface area (Å²) in [7, 11) is 0. The number of hydrogen-bond donors (Lipinski definition) is 2. The third-order valence-electron chi connectivity index (χ3n) is 2.38. The van der Waals surface area contributed by atoms with Gasteiger partial charge in [-0.3, -0.25) is 4.79 Å². The minimum Gasteiger partial charge on any atom is -0.397 e. The van der Waals surface area contributed by atoms with Gasteiger partial charge in [-0.1, -0.05) is 11.8 Å². The molecule has 0 aliphatic carbocycles. The Balaban J connectivity index is 2.18. The van der Waals surface area contributed by atoms with E-state index in [0.29, 0.717) is 16.3 Å². The van der Waals surface area contributed by atoms with Crippen LogP contribution < -0.4 is 11.1 Å². The first-order chi connectivity index (χ1) is 9.58.